The van der Waals surface area contributed by atoms with E-state index in [1.54, 1.807) is 6.07 Å². The number of piperazine rings is 1. The van der Waals surface area contributed by atoms with E-state index in [2.05, 4.69) is 15.4 Å². The first-order chi connectivity index (χ1) is 15.6. The fourth-order valence-corrected chi connectivity index (χ4v) is 5.25. The molecule has 8 nitrogen and oxygen atoms in total. The summed E-state index contributed by atoms with van der Waals surface area (Å²) in [5.41, 5.74) is 1.45. The first-order valence-corrected chi connectivity index (χ1v) is 11.7. The molecule has 3 aliphatic rings. The summed E-state index contributed by atoms with van der Waals surface area (Å²) in [5, 5.41) is 8.38. The Bertz CT molecular complexity index is 987. The topological polar surface area (TPSA) is 81.9 Å². The molecule has 3 fully saturated rings. The molecular formula is C23H30FN5O3. The summed E-state index contributed by atoms with van der Waals surface area (Å²) in [6.07, 6.45) is 4.20. The molecule has 4 heterocycles. The fraction of sp³-hybridized carbons (Fsp3) is 0.609. The number of piperidine rings is 1. The van der Waals surface area contributed by atoms with Crippen molar-refractivity contribution in [3.63, 3.8) is 0 Å². The molecule has 0 spiro atoms. The van der Waals surface area contributed by atoms with Crippen molar-refractivity contribution in [1.29, 1.82) is 0 Å². The predicted molar refractivity (Wildman–Crippen MR) is 117 cm³/mol. The molecule has 0 saturated carbocycles. The largest absolute Gasteiger partial charge is 0.356 e. The van der Waals surface area contributed by atoms with Crippen molar-refractivity contribution in [2.75, 3.05) is 45.8 Å². The van der Waals surface area contributed by atoms with Crippen LogP contribution in [0.1, 0.15) is 43.7 Å². The van der Waals surface area contributed by atoms with Crippen molar-refractivity contribution >= 4 is 22.9 Å². The molecule has 2 aromatic rings. The van der Waals surface area contributed by atoms with Crippen LogP contribution in [0, 0.1) is 5.82 Å². The second kappa shape index (κ2) is 9.15. The fourth-order valence-electron chi connectivity index (χ4n) is 5.25. The highest BCUT2D eigenvalue weighted by molar-refractivity contribution is 5.97. The number of benzene rings is 1. The molecule has 1 atom stereocenters. The average Bonchev–Trinajstić information content (AvgIpc) is 3.22. The van der Waals surface area contributed by atoms with Gasteiger partial charge in [-0.1, -0.05) is 5.16 Å². The molecule has 1 unspecified atom stereocenters. The molecule has 0 radical (unpaired) electrons. The molecule has 32 heavy (non-hydrogen) atoms. The summed E-state index contributed by atoms with van der Waals surface area (Å²) in [7, 11) is 0. The second-order valence-electron chi connectivity index (χ2n) is 9.11. The Morgan fingerprint density at radius 3 is 2.78 bits per heavy atom. The Labute approximate surface area is 186 Å². The van der Waals surface area contributed by atoms with Crippen molar-refractivity contribution in [1.82, 2.24) is 25.2 Å². The number of nitrogens with one attached hydrogen (secondary N) is 1. The number of unbranched alkanes of at least 4 members (excludes halogenated alkanes) is 1. The van der Waals surface area contributed by atoms with E-state index in [1.807, 2.05) is 4.90 Å². The van der Waals surface area contributed by atoms with Crippen LogP contribution in [0.15, 0.2) is 22.7 Å². The number of halogens is 1. The maximum atomic E-state index is 13.4. The van der Waals surface area contributed by atoms with Gasteiger partial charge in [0.15, 0.2) is 5.58 Å². The highest BCUT2D eigenvalue weighted by Crippen LogP contribution is 2.32. The third-order valence-corrected chi connectivity index (χ3v) is 7.08. The number of rotatable bonds is 6. The van der Waals surface area contributed by atoms with Crippen molar-refractivity contribution in [3.8, 4) is 0 Å². The molecule has 0 bridgehead atoms. The van der Waals surface area contributed by atoms with Gasteiger partial charge in [0.05, 0.1) is 11.7 Å². The van der Waals surface area contributed by atoms with Gasteiger partial charge in [0.25, 0.3) is 0 Å². The number of amides is 3. The van der Waals surface area contributed by atoms with E-state index in [1.165, 1.54) is 17.0 Å². The van der Waals surface area contributed by atoms with Crippen molar-refractivity contribution in [2.45, 2.75) is 44.1 Å². The van der Waals surface area contributed by atoms with Gasteiger partial charge in [-0.05, 0) is 57.5 Å². The van der Waals surface area contributed by atoms with Crippen LogP contribution in [0.25, 0.3) is 11.0 Å². The van der Waals surface area contributed by atoms with Gasteiger partial charge < -0.3 is 19.6 Å². The number of likely N-dealkylation sites (tertiary alicyclic amines) is 1. The van der Waals surface area contributed by atoms with Gasteiger partial charge in [-0.15, -0.1) is 0 Å². The number of fused-ring (bicyclic) bond motifs is 2. The highest BCUT2D eigenvalue weighted by atomic mass is 19.1. The standard InChI is InChI=1S/C23H30FN5O3/c24-17-3-4-19-20(13-17)32-26-22(19)16-5-10-27(11-6-16)8-1-2-9-29-21(30)14-18-15-25-7-12-28(18)23(29)31/h3-4,13,16,18,25H,1-2,5-12,14-15H2. The number of hydrogen-bond acceptors (Lipinski definition) is 6. The van der Waals surface area contributed by atoms with Crippen LogP contribution in [0.5, 0.6) is 0 Å². The minimum atomic E-state index is -0.310. The number of carbonyl (C=O) groups excluding carboxylic acids is 2. The van der Waals surface area contributed by atoms with E-state index in [0.717, 1.165) is 62.9 Å². The van der Waals surface area contributed by atoms with Crippen LogP contribution in [0.2, 0.25) is 0 Å². The monoisotopic (exact) mass is 443 g/mol. The SMILES string of the molecule is O=C1CC2CNCCN2C(=O)N1CCCCN1CCC(c2noc3cc(F)ccc23)CC1. The number of aromatic nitrogens is 1. The molecule has 5 rings (SSSR count). The average molecular weight is 444 g/mol. The predicted octanol–water partition coefficient (Wildman–Crippen LogP) is 2.55. The van der Waals surface area contributed by atoms with Gasteiger partial charge in [-0.3, -0.25) is 9.69 Å². The lowest BCUT2D eigenvalue weighted by Crippen LogP contribution is -2.63. The third kappa shape index (κ3) is 4.23. The smallest absolute Gasteiger partial charge is 0.327 e. The summed E-state index contributed by atoms with van der Waals surface area (Å²) in [6.45, 7) is 5.60. The van der Waals surface area contributed by atoms with Crippen LogP contribution in [0.4, 0.5) is 9.18 Å². The van der Waals surface area contributed by atoms with E-state index in [4.69, 9.17) is 4.52 Å². The van der Waals surface area contributed by atoms with Crippen LogP contribution in [-0.2, 0) is 4.79 Å². The summed E-state index contributed by atoms with van der Waals surface area (Å²) in [5.74, 6) is -0.0234. The Kier molecular flexibility index (Phi) is 6.10. The lowest BCUT2D eigenvalue weighted by atomic mass is 9.91. The lowest BCUT2D eigenvalue weighted by Gasteiger charge is -2.43. The number of urea groups is 1. The molecule has 0 aliphatic carbocycles. The maximum Gasteiger partial charge on any atom is 0.327 e. The van der Waals surface area contributed by atoms with Crippen molar-refractivity contribution in [3.05, 3.63) is 29.7 Å². The van der Waals surface area contributed by atoms with E-state index in [0.29, 0.717) is 37.6 Å². The minimum Gasteiger partial charge on any atom is -0.356 e. The van der Waals surface area contributed by atoms with Crippen molar-refractivity contribution in [2.24, 2.45) is 0 Å². The quantitative estimate of drug-likeness (QED) is 0.691. The van der Waals surface area contributed by atoms with E-state index >= 15 is 0 Å². The van der Waals surface area contributed by atoms with Crippen LogP contribution in [-0.4, -0.2) is 83.6 Å². The zero-order valence-corrected chi connectivity index (χ0v) is 18.3. The van der Waals surface area contributed by atoms with E-state index in [-0.39, 0.29) is 23.8 Å². The van der Waals surface area contributed by atoms with Gasteiger partial charge in [-0.25, -0.2) is 9.18 Å². The second-order valence-corrected chi connectivity index (χ2v) is 9.11. The summed E-state index contributed by atoms with van der Waals surface area (Å²) in [6, 6.07) is 4.50. The van der Waals surface area contributed by atoms with Crippen LogP contribution >= 0.6 is 0 Å². The highest BCUT2D eigenvalue weighted by Gasteiger charge is 2.39. The molecule has 3 amide bonds. The van der Waals surface area contributed by atoms with Gasteiger partial charge in [0, 0.05) is 50.0 Å². The normalized spacial score (nSPS) is 23.2. The Morgan fingerprint density at radius 1 is 1.12 bits per heavy atom. The van der Waals surface area contributed by atoms with E-state index in [9.17, 15) is 14.0 Å². The molecule has 1 N–H and O–H groups in total. The zero-order valence-electron chi connectivity index (χ0n) is 18.3. The molecule has 172 valence electrons. The van der Waals surface area contributed by atoms with Gasteiger partial charge >= 0.3 is 6.03 Å². The van der Waals surface area contributed by atoms with Gasteiger partial charge in [-0.2, -0.15) is 0 Å². The number of carbonyl (C=O) groups is 2. The molecule has 1 aromatic carbocycles. The van der Waals surface area contributed by atoms with Crippen LogP contribution in [0.3, 0.4) is 0 Å². The van der Waals surface area contributed by atoms with E-state index < -0.39 is 0 Å². The molecular weight excluding hydrogens is 413 g/mol. The first kappa shape index (κ1) is 21.3. The third-order valence-electron chi connectivity index (χ3n) is 7.08. The maximum absolute atomic E-state index is 13.4. The number of imide groups is 1. The number of hydrogen-bond donors (Lipinski definition) is 1. The minimum absolute atomic E-state index is 0.0159. The lowest BCUT2D eigenvalue weighted by molar-refractivity contribution is -0.133. The first-order valence-electron chi connectivity index (χ1n) is 11.7. The van der Waals surface area contributed by atoms with Gasteiger partial charge in [0.2, 0.25) is 5.91 Å². The Balaban J connectivity index is 1.06. The molecule has 9 heteroatoms. The Hall–Kier alpha value is -2.52. The molecule has 3 aliphatic heterocycles. The zero-order chi connectivity index (χ0) is 22.1. The summed E-state index contributed by atoms with van der Waals surface area (Å²) < 4.78 is 18.7. The Morgan fingerprint density at radius 2 is 1.94 bits per heavy atom. The number of nitrogens with zero attached hydrogens (tertiary/aromatic N) is 4. The summed E-state index contributed by atoms with van der Waals surface area (Å²) >= 11 is 0. The molecule has 1 aromatic heterocycles. The van der Waals surface area contributed by atoms with Gasteiger partial charge in [0.1, 0.15) is 5.82 Å². The van der Waals surface area contributed by atoms with Crippen molar-refractivity contribution < 1.29 is 18.5 Å². The summed E-state index contributed by atoms with van der Waals surface area (Å²) in [4.78, 5) is 30.8. The van der Waals surface area contributed by atoms with Crippen LogP contribution < -0.4 is 5.32 Å². The molecule has 3 saturated heterocycles.